The molecule has 2 saturated carbocycles. The average Bonchev–Trinajstić information content (AvgIpc) is 4.06. The van der Waals surface area contributed by atoms with E-state index in [1.807, 2.05) is 27.7 Å². The van der Waals surface area contributed by atoms with Crippen LogP contribution in [0.5, 0.6) is 0 Å². The van der Waals surface area contributed by atoms with Crippen LogP contribution in [-0.4, -0.2) is 127 Å². The Hall–Kier alpha value is -2.96. The number of hydrogen-bond donors (Lipinski definition) is 4. The van der Waals surface area contributed by atoms with Gasteiger partial charge in [-0.25, -0.2) is 9.36 Å². The lowest BCUT2D eigenvalue weighted by Crippen LogP contribution is -2.31. The van der Waals surface area contributed by atoms with Crippen LogP contribution in [0.25, 0.3) is 22.1 Å². The highest BCUT2D eigenvalue weighted by Gasteiger charge is 2.57. The Morgan fingerprint density at radius 3 is 1.54 bits per heavy atom. The third-order valence-electron chi connectivity index (χ3n) is 11.6. The van der Waals surface area contributed by atoms with Gasteiger partial charge < -0.3 is 44.2 Å². The zero-order valence-corrected chi connectivity index (χ0v) is 39.1. The van der Waals surface area contributed by atoms with Crippen molar-refractivity contribution in [1.82, 2.24) is 39.5 Å². The van der Waals surface area contributed by atoms with E-state index < -0.39 is 36.2 Å². The minimum atomic E-state index is -0.754. The first-order valence-corrected chi connectivity index (χ1v) is 23.5. The number of thioether (sulfide) groups is 1. The van der Waals surface area contributed by atoms with Crippen molar-refractivity contribution in [1.29, 1.82) is 0 Å². The van der Waals surface area contributed by atoms with Gasteiger partial charge >= 0.3 is 0 Å². The summed E-state index contributed by atoms with van der Waals surface area (Å²) in [5.74, 6) is 0.354. The molecule has 4 aliphatic heterocycles. The summed E-state index contributed by atoms with van der Waals surface area (Å²) in [6.07, 6.45) is 9.37. The predicted octanol–water partition coefficient (Wildman–Crippen LogP) is 6.24. The third kappa shape index (κ3) is 10.4. The first kappa shape index (κ1) is 46.6. The molecule has 2 aliphatic carbocycles. The molecule has 63 heavy (non-hydrogen) atoms. The second-order valence-electron chi connectivity index (χ2n) is 17.4. The Balaban J connectivity index is 0.000000160. The highest BCUT2D eigenvalue weighted by Crippen LogP contribution is 2.46. The third-order valence-corrected chi connectivity index (χ3v) is 12.8. The maximum absolute atomic E-state index is 11.5. The number of fused-ring (bicyclic) bond motifs is 4. The van der Waals surface area contributed by atoms with Gasteiger partial charge in [0.15, 0.2) is 45.6 Å². The van der Waals surface area contributed by atoms with E-state index in [2.05, 4.69) is 53.4 Å². The van der Waals surface area contributed by atoms with Gasteiger partial charge in [0.25, 0.3) is 0 Å². The van der Waals surface area contributed by atoms with Gasteiger partial charge in [-0.1, -0.05) is 37.4 Å². The van der Waals surface area contributed by atoms with Crippen molar-refractivity contribution in [3.8, 4) is 0 Å². The van der Waals surface area contributed by atoms with E-state index in [1.165, 1.54) is 44.4 Å². The Kier molecular flexibility index (Phi) is 14.1. The normalized spacial score (nSPS) is 29.6. The van der Waals surface area contributed by atoms with E-state index >= 15 is 0 Å². The van der Waals surface area contributed by atoms with Crippen LogP contribution in [0.1, 0.15) is 105 Å². The summed E-state index contributed by atoms with van der Waals surface area (Å²) >= 11 is 17.0. The lowest BCUT2D eigenvalue weighted by molar-refractivity contribution is -0.201. The van der Waals surface area contributed by atoms with Crippen LogP contribution >= 0.6 is 47.6 Å². The quantitative estimate of drug-likeness (QED) is 0.108. The van der Waals surface area contributed by atoms with Crippen molar-refractivity contribution in [3.05, 3.63) is 23.0 Å². The highest BCUT2D eigenvalue weighted by atomic mass is 35.5. The first-order chi connectivity index (χ1) is 30.0. The summed E-state index contributed by atoms with van der Waals surface area (Å²) in [7, 11) is 0. The first-order valence-electron chi connectivity index (χ1n) is 21.3. The second kappa shape index (κ2) is 19.1. The Morgan fingerprint density at radius 1 is 0.730 bits per heavy atom. The van der Waals surface area contributed by atoms with Gasteiger partial charge in [-0.3, -0.25) is 9.59 Å². The van der Waals surface area contributed by atoms with Crippen molar-refractivity contribution in [2.24, 2.45) is 0 Å². The van der Waals surface area contributed by atoms with Crippen molar-refractivity contribution in [2.45, 2.75) is 166 Å². The Labute approximate surface area is 384 Å². The average molecular weight is 954 g/mol. The van der Waals surface area contributed by atoms with Gasteiger partial charge in [0.1, 0.15) is 42.2 Å². The number of ether oxygens (including phenoxy) is 6. The molecule has 4 saturated heterocycles. The minimum absolute atomic E-state index is 0.0356. The highest BCUT2D eigenvalue weighted by molar-refractivity contribution is 8.13. The number of hydrogen-bond acceptors (Lipinski definition) is 18. The molecule has 0 unspecified atom stereocenters. The predicted molar refractivity (Wildman–Crippen MR) is 238 cm³/mol. The van der Waals surface area contributed by atoms with Gasteiger partial charge in [-0.05, 0) is 76.6 Å². The van der Waals surface area contributed by atoms with Crippen molar-refractivity contribution >= 4 is 91.5 Å². The van der Waals surface area contributed by atoms with E-state index in [4.69, 9.17) is 51.6 Å². The molecule has 23 heteroatoms. The molecule has 4 aromatic heterocycles. The molecule has 8 atom stereocenters. The van der Waals surface area contributed by atoms with E-state index in [1.54, 1.807) is 28.7 Å². The van der Waals surface area contributed by atoms with Crippen molar-refractivity contribution in [2.75, 3.05) is 23.0 Å². The molecule has 344 valence electrons. The van der Waals surface area contributed by atoms with Gasteiger partial charge in [-0.15, -0.1) is 12.6 Å². The van der Waals surface area contributed by atoms with E-state index in [-0.39, 0.29) is 51.8 Å². The lowest BCUT2D eigenvalue weighted by Gasteiger charge is -2.24. The fourth-order valence-electron chi connectivity index (χ4n) is 9.11. The molecule has 19 nitrogen and oxygen atoms in total. The summed E-state index contributed by atoms with van der Waals surface area (Å²) < 4.78 is 39.9. The zero-order valence-electron chi connectivity index (χ0n) is 35.9. The molecule has 8 heterocycles. The smallest absolute Gasteiger partial charge is 0.226 e. The van der Waals surface area contributed by atoms with E-state index in [0.717, 1.165) is 36.5 Å². The Morgan fingerprint density at radius 2 is 1.13 bits per heavy atom. The number of aromatic nitrogens is 8. The molecule has 0 amide bonds. The standard InChI is InChI=1S/C20H26ClN5O4S.C18H24ClN5O4.C2H4OS/c1-10(27)31-9-13-14-15(30-20(2,3)29-14)18(28-13)26-17-12(8-22-26)16(24-19(21)25-17)23-11-6-4-5-7-11;1-18(2)27-12-11(8-25)26-16(13(12)28-18)24-15-10(7-20-24)14(22-17(19)23-15)21-9-5-3-4-6-9;1-2(3)4/h8,11,13-15,18H,4-7,9H2,1-3H3,(H,23,24,25);7,9,11-13,16,25H,3-6,8H2,1-2H3,(H,21,22,23);1H3,(H,3,4)/t13-,14-,15-,18-;11-,12-,13-,16-;/m11./s1. The van der Waals surface area contributed by atoms with Crippen LogP contribution in [0.4, 0.5) is 11.6 Å². The maximum Gasteiger partial charge on any atom is 0.226 e. The fourth-order valence-corrected chi connectivity index (χ4v) is 10.1. The number of halogens is 2. The Bertz CT molecular complexity index is 2290. The zero-order chi connectivity index (χ0) is 44.8. The molecule has 0 spiro atoms. The molecule has 3 N–H and O–H groups in total. The molecular formula is C40H54Cl2N10O9S2. The number of nitrogens with one attached hydrogen (secondary N) is 2. The van der Waals surface area contributed by atoms with Gasteiger partial charge in [0.2, 0.25) is 10.6 Å². The van der Waals surface area contributed by atoms with Gasteiger partial charge in [0.05, 0.1) is 35.9 Å². The lowest BCUT2D eigenvalue weighted by atomic mass is 10.1. The number of carbonyl (C=O) groups excluding carboxylic acids is 2. The summed E-state index contributed by atoms with van der Waals surface area (Å²) in [4.78, 5) is 38.4. The molecule has 6 aliphatic rings. The van der Waals surface area contributed by atoms with Crippen LogP contribution in [0.15, 0.2) is 12.4 Å². The second-order valence-corrected chi connectivity index (χ2v) is 19.9. The molecule has 10 rings (SSSR count). The summed E-state index contributed by atoms with van der Waals surface area (Å²) in [6.45, 7) is 10.2. The molecule has 6 fully saturated rings. The van der Waals surface area contributed by atoms with Crippen LogP contribution in [0.3, 0.4) is 0 Å². The van der Waals surface area contributed by atoms with Crippen LogP contribution in [-0.2, 0) is 38.0 Å². The topological polar surface area (TPSA) is 221 Å². The number of aliphatic hydroxyl groups is 1. The number of carbonyl (C=O) groups is 2. The number of thiol groups is 1. The fraction of sp³-hybridized carbons (Fsp3) is 0.700. The number of anilines is 2. The molecule has 0 aromatic carbocycles. The van der Waals surface area contributed by atoms with E-state index in [0.29, 0.717) is 40.8 Å². The monoisotopic (exact) mass is 952 g/mol. The molecule has 0 bridgehead atoms. The van der Waals surface area contributed by atoms with Gasteiger partial charge in [-0.2, -0.15) is 30.1 Å². The molecular weight excluding hydrogens is 900 g/mol. The van der Waals surface area contributed by atoms with E-state index in [9.17, 15) is 14.7 Å². The van der Waals surface area contributed by atoms with Crippen molar-refractivity contribution in [3.63, 3.8) is 0 Å². The SMILES string of the molecule is CC(=O)S.CC(=O)SC[C@H]1O[C@@H](n2ncc3c(NC4CCCC4)nc(Cl)nc32)[C@@H]2OC(C)(C)O[C@@H]21.CC1(C)O[C@@H]2[C@H](O1)[C@@H](CO)O[C@H]2n1ncc2c(NC3CCCC3)nc(Cl)nc21. The largest absolute Gasteiger partial charge is 0.394 e. The summed E-state index contributed by atoms with van der Waals surface area (Å²) in [5, 5.41) is 27.5. The molecule has 4 aromatic rings. The maximum atomic E-state index is 11.5. The van der Waals surface area contributed by atoms with Crippen LogP contribution in [0.2, 0.25) is 10.6 Å². The number of aliphatic hydroxyl groups excluding tert-OH is 1. The van der Waals surface area contributed by atoms with Crippen LogP contribution in [0, 0.1) is 0 Å². The van der Waals surface area contributed by atoms with Gasteiger partial charge in [0, 0.05) is 31.7 Å². The number of rotatable bonds is 9. The summed E-state index contributed by atoms with van der Waals surface area (Å²) in [6, 6.07) is 0.765. The minimum Gasteiger partial charge on any atom is -0.394 e. The summed E-state index contributed by atoms with van der Waals surface area (Å²) in [5.41, 5.74) is 1.15. The number of nitrogens with zero attached hydrogens (tertiary/aromatic N) is 8. The molecule has 0 radical (unpaired) electrons. The van der Waals surface area contributed by atoms with Crippen molar-refractivity contribution < 1.29 is 43.1 Å². The van der Waals surface area contributed by atoms with Crippen LogP contribution < -0.4 is 10.6 Å².